The van der Waals surface area contributed by atoms with Crippen molar-refractivity contribution in [3.8, 4) is 0 Å². The van der Waals surface area contributed by atoms with E-state index in [4.69, 9.17) is 16.2 Å². The van der Waals surface area contributed by atoms with Gasteiger partial charge in [-0.05, 0) is 11.1 Å². The fourth-order valence-electron chi connectivity index (χ4n) is 2.79. The van der Waals surface area contributed by atoms with E-state index in [1.54, 1.807) is 0 Å². The summed E-state index contributed by atoms with van der Waals surface area (Å²) in [5, 5.41) is 0.260. The van der Waals surface area contributed by atoms with Crippen molar-refractivity contribution >= 4 is 35.5 Å². The maximum Gasteiger partial charge on any atom is 0.328 e. The molecule has 9 nitrogen and oxygen atoms in total. The summed E-state index contributed by atoms with van der Waals surface area (Å²) < 4.78 is 4.87. The lowest BCUT2D eigenvalue weighted by molar-refractivity contribution is -0.153. The molecule has 26 heavy (non-hydrogen) atoms. The fraction of sp³-hybridized carbons (Fsp3) is 0.312. The van der Waals surface area contributed by atoms with Crippen LogP contribution in [0.25, 0.3) is 0 Å². The Morgan fingerprint density at radius 2 is 1.85 bits per heavy atom. The maximum atomic E-state index is 12.7. The number of aromatic nitrogens is 3. The molecule has 0 bridgehead atoms. The van der Waals surface area contributed by atoms with Gasteiger partial charge in [-0.25, -0.2) is 4.79 Å². The lowest BCUT2D eigenvalue weighted by Crippen LogP contribution is -2.49. The van der Waals surface area contributed by atoms with E-state index < -0.39 is 12.0 Å². The standard InChI is InChI=1S/C16H18N6O3S/c1-25-13(24)11-6-9-4-2-3-5-10(9)7-22(11)12(23)8-26-16-20-14(17)19-15(18)21-16/h2-5,11H,6-8H2,1H3,(H4,17,18,19,20,21)/t11-/m0/s1. The van der Waals surface area contributed by atoms with Gasteiger partial charge in [0.25, 0.3) is 0 Å². The van der Waals surface area contributed by atoms with Crippen LogP contribution in [0.15, 0.2) is 29.4 Å². The summed E-state index contributed by atoms with van der Waals surface area (Å²) in [6.45, 7) is 0.344. The van der Waals surface area contributed by atoms with Gasteiger partial charge in [0.2, 0.25) is 17.8 Å². The minimum atomic E-state index is -0.656. The van der Waals surface area contributed by atoms with Crippen LogP contribution >= 0.6 is 11.8 Å². The fourth-order valence-corrected chi connectivity index (χ4v) is 3.53. The minimum Gasteiger partial charge on any atom is -0.467 e. The number of esters is 1. The number of benzene rings is 1. The summed E-state index contributed by atoms with van der Waals surface area (Å²) in [7, 11) is 1.32. The van der Waals surface area contributed by atoms with E-state index in [0.717, 1.165) is 22.9 Å². The first kappa shape index (κ1) is 17.9. The van der Waals surface area contributed by atoms with Gasteiger partial charge < -0.3 is 21.1 Å². The molecule has 0 fully saturated rings. The molecule has 1 amide bonds. The summed E-state index contributed by atoms with van der Waals surface area (Å²) in [6.07, 6.45) is 0.422. The number of carbonyl (C=O) groups is 2. The summed E-state index contributed by atoms with van der Waals surface area (Å²) in [5.74, 6) is -0.638. The van der Waals surface area contributed by atoms with Crippen LogP contribution in [-0.4, -0.2) is 50.6 Å². The van der Waals surface area contributed by atoms with E-state index in [-0.39, 0.29) is 28.7 Å². The number of carbonyl (C=O) groups excluding carboxylic acids is 2. The second-order valence-corrected chi connectivity index (χ2v) is 6.60. The van der Waals surface area contributed by atoms with Crippen LogP contribution in [0, 0.1) is 0 Å². The highest BCUT2D eigenvalue weighted by Gasteiger charge is 2.35. The number of hydrogen-bond donors (Lipinski definition) is 2. The van der Waals surface area contributed by atoms with Gasteiger partial charge in [0.15, 0.2) is 5.16 Å². The molecular formula is C16H18N6O3S. The van der Waals surface area contributed by atoms with Gasteiger partial charge in [-0.2, -0.15) is 15.0 Å². The molecule has 0 radical (unpaired) electrons. The summed E-state index contributed by atoms with van der Waals surface area (Å²) in [5.41, 5.74) is 13.1. The Labute approximate surface area is 154 Å². The van der Waals surface area contributed by atoms with Crippen molar-refractivity contribution < 1.29 is 14.3 Å². The van der Waals surface area contributed by atoms with Crippen molar-refractivity contribution in [2.45, 2.75) is 24.2 Å². The van der Waals surface area contributed by atoms with Crippen LogP contribution in [-0.2, 0) is 27.3 Å². The molecule has 0 saturated heterocycles. The van der Waals surface area contributed by atoms with Gasteiger partial charge in [-0.3, -0.25) is 4.79 Å². The van der Waals surface area contributed by atoms with Crippen molar-refractivity contribution in [2.24, 2.45) is 0 Å². The molecule has 0 unspecified atom stereocenters. The number of nitrogen functional groups attached to an aromatic ring is 2. The second-order valence-electron chi connectivity index (χ2n) is 5.66. The Morgan fingerprint density at radius 3 is 2.50 bits per heavy atom. The first-order valence-corrected chi connectivity index (χ1v) is 8.80. The molecule has 4 N–H and O–H groups in total. The molecule has 0 spiro atoms. The lowest BCUT2D eigenvalue weighted by atomic mass is 9.94. The Morgan fingerprint density at radius 1 is 1.19 bits per heavy atom. The second kappa shape index (κ2) is 7.56. The number of thioether (sulfide) groups is 1. The third-order valence-electron chi connectivity index (χ3n) is 4.02. The number of rotatable bonds is 4. The summed E-state index contributed by atoms with van der Waals surface area (Å²) >= 11 is 1.09. The molecule has 136 valence electrons. The maximum absolute atomic E-state index is 12.7. The van der Waals surface area contributed by atoms with Crippen molar-refractivity contribution in [3.05, 3.63) is 35.4 Å². The van der Waals surface area contributed by atoms with Crippen LogP contribution in [0.5, 0.6) is 0 Å². The Bertz CT molecular complexity index is 826. The Hall–Kier alpha value is -2.88. The first-order valence-electron chi connectivity index (χ1n) is 7.82. The number of ether oxygens (including phenoxy) is 1. The molecule has 10 heteroatoms. The largest absolute Gasteiger partial charge is 0.467 e. The molecular weight excluding hydrogens is 356 g/mol. The molecule has 2 heterocycles. The predicted octanol–water partition coefficient (Wildman–Crippen LogP) is 0.255. The van der Waals surface area contributed by atoms with Crippen molar-refractivity contribution in [3.63, 3.8) is 0 Å². The van der Waals surface area contributed by atoms with E-state index in [1.807, 2.05) is 24.3 Å². The zero-order chi connectivity index (χ0) is 18.7. The number of amides is 1. The van der Waals surface area contributed by atoms with Gasteiger partial charge in [-0.1, -0.05) is 36.0 Å². The normalized spacial score (nSPS) is 16.0. The molecule has 3 rings (SSSR count). The van der Waals surface area contributed by atoms with Gasteiger partial charge >= 0.3 is 5.97 Å². The summed E-state index contributed by atoms with van der Waals surface area (Å²) in [4.78, 5) is 38.0. The molecule has 2 aromatic rings. The van der Waals surface area contributed by atoms with Gasteiger partial charge in [0.05, 0.1) is 12.9 Å². The molecule has 0 saturated carbocycles. The smallest absolute Gasteiger partial charge is 0.328 e. The van der Waals surface area contributed by atoms with Gasteiger partial charge in [0, 0.05) is 13.0 Å². The van der Waals surface area contributed by atoms with Crippen LogP contribution < -0.4 is 11.5 Å². The number of nitrogens with two attached hydrogens (primary N) is 2. The van der Waals surface area contributed by atoms with Crippen molar-refractivity contribution in [1.82, 2.24) is 19.9 Å². The first-order chi connectivity index (χ1) is 12.5. The zero-order valence-corrected chi connectivity index (χ0v) is 14.9. The molecule has 1 aromatic carbocycles. The SMILES string of the molecule is COC(=O)[C@@H]1Cc2ccccc2CN1C(=O)CSc1nc(N)nc(N)n1. The minimum absolute atomic E-state index is 0.00761. The van der Waals surface area contributed by atoms with Gasteiger partial charge in [-0.15, -0.1) is 0 Å². The van der Waals surface area contributed by atoms with E-state index >= 15 is 0 Å². The molecule has 0 aliphatic carbocycles. The molecule has 1 aliphatic heterocycles. The molecule has 1 aromatic heterocycles. The van der Waals surface area contributed by atoms with Crippen molar-refractivity contribution in [2.75, 3.05) is 24.3 Å². The predicted molar refractivity (Wildman–Crippen MR) is 95.9 cm³/mol. The number of anilines is 2. The van der Waals surface area contributed by atoms with E-state index in [9.17, 15) is 9.59 Å². The average molecular weight is 374 g/mol. The Balaban J connectivity index is 1.76. The van der Waals surface area contributed by atoms with Gasteiger partial charge in [0.1, 0.15) is 6.04 Å². The third-order valence-corrected chi connectivity index (χ3v) is 4.85. The third kappa shape index (κ3) is 3.85. The lowest BCUT2D eigenvalue weighted by Gasteiger charge is -2.35. The zero-order valence-electron chi connectivity index (χ0n) is 14.1. The van der Waals surface area contributed by atoms with E-state index in [1.165, 1.54) is 12.0 Å². The number of methoxy groups -OCH3 is 1. The van der Waals surface area contributed by atoms with Crippen molar-refractivity contribution in [1.29, 1.82) is 0 Å². The van der Waals surface area contributed by atoms with Crippen LogP contribution in [0.1, 0.15) is 11.1 Å². The highest BCUT2D eigenvalue weighted by Crippen LogP contribution is 2.25. The molecule has 1 aliphatic rings. The summed E-state index contributed by atoms with van der Waals surface area (Å²) in [6, 6.07) is 7.07. The van der Waals surface area contributed by atoms with E-state index in [0.29, 0.717) is 13.0 Å². The number of nitrogens with zero attached hydrogens (tertiary/aromatic N) is 4. The van der Waals surface area contributed by atoms with Crippen LogP contribution in [0.2, 0.25) is 0 Å². The topological polar surface area (TPSA) is 137 Å². The highest BCUT2D eigenvalue weighted by molar-refractivity contribution is 7.99. The van der Waals surface area contributed by atoms with Crippen LogP contribution in [0.3, 0.4) is 0 Å². The Kier molecular flexibility index (Phi) is 5.21. The number of fused-ring (bicyclic) bond motifs is 1. The number of hydrogen-bond acceptors (Lipinski definition) is 9. The highest BCUT2D eigenvalue weighted by atomic mass is 32.2. The quantitative estimate of drug-likeness (QED) is 0.570. The average Bonchev–Trinajstić information content (AvgIpc) is 2.63. The van der Waals surface area contributed by atoms with E-state index in [2.05, 4.69) is 15.0 Å². The van der Waals surface area contributed by atoms with Crippen LogP contribution in [0.4, 0.5) is 11.9 Å². The monoisotopic (exact) mass is 374 g/mol. The molecule has 1 atom stereocenters.